The van der Waals surface area contributed by atoms with Gasteiger partial charge in [-0.3, -0.25) is 44.3 Å². The zero-order valence-corrected chi connectivity index (χ0v) is 38.8. The van der Waals surface area contributed by atoms with Gasteiger partial charge in [0, 0.05) is 38.2 Å². The molecule has 2 aliphatic heterocycles. The number of hydrogen-bond acceptors (Lipinski definition) is 18. The van der Waals surface area contributed by atoms with Crippen molar-refractivity contribution in [3.05, 3.63) is 47.8 Å². The Balaban J connectivity index is 0.858. The molecule has 1 aromatic heterocycles. The summed E-state index contributed by atoms with van der Waals surface area (Å²) in [6, 6.07) is 5.07. The third kappa shape index (κ3) is 20.4. The third-order valence-corrected chi connectivity index (χ3v) is 9.88. The molecule has 0 radical (unpaired) electrons. The molecular formula is C41H55Cl3N8O15. The Bertz CT molecular complexity index is 1920. The van der Waals surface area contributed by atoms with Gasteiger partial charge in [0.15, 0.2) is 6.17 Å². The second-order valence-corrected chi connectivity index (χ2v) is 16.5. The predicted molar refractivity (Wildman–Crippen MR) is 238 cm³/mol. The van der Waals surface area contributed by atoms with Crippen molar-refractivity contribution in [3.8, 4) is 5.75 Å². The molecule has 5 N–H and O–H groups in total. The molecule has 1 saturated heterocycles. The molecule has 370 valence electrons. The van der Waals surface area contributed by atoms with E-state index in [-0.39, 0.29) is 99.8 Å². The van der Waals surface area contributed by atoms with E-state index < -0.39 is 45.7 Å². The van der Waals surface area contributed by atoms with Crippen LogP contribution in [0.5, 0.6) is 5.75 Å². The van der Waals surface area contributed by atoms with E-state index in [0.29, 0.717) is 72.5 Å². The number of alkyl halides is 3. The molecule has 7 amide bonds. The van der Waals surface area contributed by atoms with E-state index in [0.717, 1.165) is 4.90 Å². The molecule has 0 bridgehead atoms. The lowest BCUT2D eigenvalue weighted by atomic mass is 10.0. The van der Waals surface area contributed by atoms with Gasteiger partial charge >= 0.3 is 6.09 Å². The molecular weight excluding hydrogens is 951 g/mol. The molecule has 23 nitrogen and oxygen atoms in total. The number of piperidine rings is 1. The van der Waals surface area contributed by atoms with Crippen molar-refractivity contribution in [1.82, 2.24) is 36.1 Å². The Kier molecular flexibility index (Phi) is 24.8. The highest BCUT2D eigenvalue weighted by Crippen LogP contribution is 2.34. The Hall–Kier alpha value is -4.98. The first-order chi connectivity index (χ1) is 32.3. The van der Waals surface area contributed by atoms with E-state index in [1.54, 1.807) is 12.1 Å². The highest BCUT2D eigenvalue weighted by molar-refractivity contribution is 6.68. The van der Waals surface area contributed by atoms with Gasteiger partial charge in [-0.25, -0.2) is 14.8 Å². The van der Waals surface area contributed by atoms with Crippen LogP contribution in [0.2, 0.25) is 0 Å². The highest BCUT2D eigenvalue weighted by atomic mass is 35.6. The fourth-order valence-corrected chi connectivity index (χ4v) is 6.32. The average Bonchev–Trinajstić information content (AvgIpc) is 3.55. The number of imide groups is 2. The number of anilines is 1. The number of carbonyl (C=O) groups is 7. The number of halogens is 3. The first-order valence-corrected chi connectivity index (χ1v) is 22.5. The molecule has 0 saturated carbocycles. The maximum absolute atomic E-state index is 13.2. The molecule has 2 unspecified atom stereocenters. The summed E-state index contributed by atoms with van der Waals surface area (Å²) >= 11 is 17.8. The lowest BCUT2D eigenvalue weighted by molar-refractivity contribution is -0.136. The van der Waals surface area contributed by atoms with Gasteiger partial charge in [0.05, 0.1) is 104 Å². The summed E-state index contributed by atoms with van der Waals surface area (Å²) in [7, 11) is 0. The van der Waals surface area contributed by atoms with Crippen molar-refractivity contribution in [3.63, 3.8) is 0 Å². The number of ether oxygens (including phenoxy) is 8. The van der Waals surface area contributed by atoms with Gasteiger partial charge in [-0.2, -0.15) is 0 Å². The number of nitrogens with zero attached hydrogens (tertiary/aromatic N) is 3. The first kappa shape index (κ1) is 54.6. The fraction of sp³-hybridized carbons (Fsp3) is 0.585. The van der Waals surface area contributed by atoms with E-state index in [1.807, 2.05) is 0 Å². The summed E-state index contributed by atoms with van der Waals surface area (Å²) in [6.45, 7) is 4.31. The summed E-state index contributed by atoms with van der Waals surface area (Å²) in [6.07, 6.45) is 1.62. The van der Waals surface area contributed by atoms with Crippen LogP contribution in [-0.2, 0) is 52.3 Å². The molecule has 26 heteroatoms. The third-order valence-electron chi connectivity index (χ3n) is 9.22. The number of hydrogen-bond donors (Lipinski definition) is 5. The van der Waals surface area contributed by atoms with Crippen molar-refractivity contribution >= 4 is 82.3 Å². The molecule has 2 atom stereocenters. The molecule has 2 aliphatic rings. The van der Waals surface area contributed by atoms with Crippen molar-refractivity contribution in [2.24, 2.45) is 0 Å². The van der Waals surface area contributed by atoms with E-state index in [4.69, 9.17) is 72.7 Å². The maximum Gasteiger partial charge on any atom is 0.408 e. The molecule has 0 aliphatic carbocycles. The zero-order chi connectivity index (χ0) is 48.3. The van der Waals surface area contributed by atoms with Crippen molar-refractivity contribution < 1.29 is 71.5 Å². The molecule has 3 heterocycles. The lowest BCUT2D eigenvalue weighted by Crippen LogP contribution is -2.54. The summed E-state index contributed by atoms with van der Waals surface area (Å²) < 4.78 is 41.6. The van der Waals surface area contributed by atoms with Gasteiger partial charge in [0.25, 0.3) is 11.8 Å². The summed E-state index contributed by atoms with van der Waals surface area (Å²) in [5.41, 5.74) is 0.138. The monoisotopic (exact) mass is 1000 g/mol. The second kappa shape index (κ2) is 30.4. The van der Waals surface area contributed by atoms with Crippen molar-refractivity contribution in [2.75, 3.05) is 111 Å². The molecule has 67 heavy (non-hydrogen) atoms. The molecule has 4 rings (SSSR count). The quantitative estimate of drug-likeness (QED) is 0.0292. The van der Waals surface area contributed by atoms with Crippen LogP contribution in [0.4, 0.5) is 10.7 Å². The summed E-state index contributed by atoms with van der Waals surface area (Å²) in [4.78, 5) is 95.1. The van der Waals surface area contributed by atoms with E-state index in [1.165, 1.54) is 24.5 Å². The van der Waals surface area contributed by atoms with Gasteiger partial charge in [-0.1, -0.05) is 40.9 Å². The number of benzene rings is 1. The Morgan fingerprint density at radius 3 is 1.82 bits per heavy atom. The molecule has 1 aromatic carbocycles. The van der Waals surface area contributed by atoms with E-state index in [2.05, 4.69) is 36.6 Å². The summed E-state index contributed by atoms with van der Waals surface area (Å²) in [5.74, 6) is -2.67. The van der Waals surface area contributed by atoms with Crippen LogP contribution >= 0.6 is 34.8 Å². The minimum Gasteiger partial charge on any atom is -0.491 e. The highest BCUT2D eigenvalue weighted by Gasteiger charge is 2.46. The Morgan fingerprint density at radius 1 is 0.716 bits per heavy atom. The van der Waals surface area contributed by atoms with Crippen LogP contribution in [-0.4, -0.2) is 178 Å². The first-order valence-electron chi connectivity index (χ1n) is 21.4. The smallest absolute Gasteiger partial charge is 0.408 e. The van der Waals surface area contributed by atoms with Crippen LogP contribution in [0.1, 0.15) is 52.8 Å². The minimum atomic E-state index is -1.93. The lowest BCUT2D eigenvalue weighted by Gasteiger charge is -2.27. The number of rotatable bonds is 33. The largest absolute Gasteiger partial charge is 0.491 e. The van der Waals surface area contributed by atoms with E-state index >= 15 is 0 Å². The van der Waals surface area contributed by atoms with Crippen LogP contribution in [0.25, 0.3) is 0 Å². The van der Waals surface area contributed by atoms with Crippen LogP contribution < -0.4 is 31.3 Å². The average molecular weight is 1010 g/mol. The normalized spacial score (nSPS) is 15.1. The maximum atomic E-state index is 13.2. The molecule has 2 aromatic rings. The number of aromatic nitrogens is 2. The van der Waals surface area contributed by atoms with E-state index in [9.17, 15) is 33.6 Å². The number of nitrogens with one attached hydrogen (secondary N) is 5. The van der Waals surface area contributed by atoms with Crippen molar-refractivity contribution in [1.29, 1.82) is 0 Å². The Labute approximate surface area is 401 Å². The van der Waals surface area contributed by atoms with Crippen LogP contribution in [0.3, 0.4) is 0 Å². The minimum absolute atomic E-state index is 0.00625. The van der Waals surface area contributed by atoms with Gasteiger partial charge < -0.3 is 53.8 Å². The predicted octanol–water partition coefficient (Wildman–Crippen LogP) is 1.29. The number of alkyl carbamates (subject to hydrolysis) is 1. The number of fused-ring (bicyclic) bond motifs is 1. The van der Waals surface area contributed by atoms with Crippen LogP contribution in [0.15, 0.2) is 36.7 Å². The SMILES string of the molecule is O=C(CCOCCOCCOCCOCCOCCOCCC(=O)NCCOc1cccc2c1C(=O)N(C1CCC(=O)NC1=O)C2=O)NCCCOC(=O)NC(Nc1ncccn1)C(Cl)(Cl)Cl. The second-order valence-electron chi connectivity index (χ2n) is 14.2. The van der Waals surface area contributed by atoms with Gasteiger partial charge in [0.1, 0.15) is 18.4 Å². The number of amides is 7. The number of carbonyl (C=O) groups excluding carboxylic acids is 7. The standard InChI is InChI=1S/C41H55Cl3N8O15/c42-41(43,44)38(50-39-47-10-2-11-48-39)51-40(59)67-14-3-12-45-31(53)8-15-60-18-20-62-22-24-64-26-27-65-25-23-63-21-19-61-16-9-32(54)46-13-17-66-30-5-1-4-28-34(30)37(58)52(36(28)57)29-6-7-33(55)49-35(29)56/h1-2,4-5,10-11,29,38H,3,6-9,12-27H2,(H,45,53)(H,46,54)(H,51,59)(H,47,48,50)(H,49,55,56). The van der Waals surface area contributed by atoms with Gasteiger partial charge in [0.2, 0.25) is 33.4 Å². The Morgan fingerprint density at radius 2 is 1.27 bits per heavy atom. The summed E-state index contributed by atoms with van der Waals surface area (Å²) in [5, 5.41) is 12.7. The molecule has 1 fully saturated rings. The van der Waals surface area contributed by atoms with Crippen LogP contribution in [0, 0.1) is 0 Å². The molecule has 0 spiro atoms. The zero-order valence-electron chi connectivity index (χ0n) is 36.6. The van der Waals surface area contributed by atoms with Gasteiger partial charge in [-0.15, -0.1) is 0 Å². The van der Waals surface area contributed by atoms with Crippen molar-refractivity contribution in [2.45, 2.75) is 48.1 Å². The van der Waals surface area contributed by atoms with Gasteiger partial charge in [-0.05, 0) is 31.0 Å². The topological polar surface area (TPSA) is 282 Å². The fourth-order valence-electron chi connectivity index (χ4n) is 5.99.